The van der Waals surface area contributed by atoms with Crippen LogP contribution in [0.4, 0.5) is 19.1 Å². The molecule has 0 unspecified atom stereocenters. The van der Waals surface area contributed by atoms with E-state index in [1.165, 1.54) is 38.5 Å². The molecule has 30 heavy (non-hydrogen) atoms. The van der Waals surface area contributed by atoms with Crippen molar-refractivity contribution in [2.24, 2.45) is 5.92 Å². The molecule has 1 saturated heterocycles. The smallest absolute Gasteiger partial charge is 0.419 e. The van der Waals surface area contributed by atoms with Crippen LogP contribution < -0.4 is 14.4 Å². The van der Waals surface area contributed by atoms with E-state index in [0.717, 1.165) is 6.07 Å². The number of anilines is 1. The van der Waals surface area contributed by atoms with E-state index in [4.69, 9.17) is 14.2 Å². The Hall–Kier alpha value is -3.04. The predicted octanol–water partition coefficient (Wildman–Crippen LogP) is 3.59. The molecule has 162 valence electrons. The van der Waals surface area contributed by atoms with Crippen molar-refractivity contribution in [3.05, 3.63) is 41.6 Å². The van der Waals surface area contributed by atoms with Gasteiger partial charge in [0.05, 0.1) is 26.4 Å². The molecule has 0 atom stereocenters. The summed E-state index contributed by atoms with van der Waals surface area (Å²) in [5.41, 5.74) is -0.684. The quantitative estimate of drug-likeness (QED) is 0.655. The number of carbonyl (C=O) groups excluding carboxylic acids is 1. The zero-order valence-corrected chi connectivity index (χ0v) is 16.6. The number of methoxy groups -OCH3 is 2. The number of carbonyl (C=O) groups is 1. The number of alkyl halides is 3. The number of hydrogen-bond acceptors (Lipinski definition) is 7. The second kappa shape index (κ2) is 9.19. The molecule has 2 heterocycles. The number of hydrogen-bond donors (Lipinski definition) is 0. The molecule has 1 aliphatic rings. The van der Waals surface area contributed by atoms with Crippen LogP contribution in [-0.4, -0.2) is 49.9 Å². The zero-order valence-electron chi connectivity index (χ0n) is 16.6. The molecule has 0 bridgehead atoms. The molecule has 1 fully saturated rings. The van der Waals surface area contributed by atoms with E-state index in [1.54, 1.807) is 0 Å². The Morgan fingerprint density at radius 1 is 1.17 bits per heavy atom. The summed E-state index contributed by atoms with van der Waals surface area (Å²) in [7, 11) is 2.70. The van der Waals surface area contributed by atoms with Crippen LogP contribution in [0.5, 0.6) is 11.6 Å². The Kier molecular flexibility index (Phi) is 6.63. The molecule has 1 aliphatic heterocycles. The standard InChI is InChI=1S/C20H22F3N3O4/c1-28-17-11-15(18(27)29-2)24-19(25-17)26-9-7-13(8-10-26)12-30-16-6-4-3-5-14(16)20(21,22)23/h3-6,11,13H,7-10,12H2,1-2H3. The second-order valence-corrected chi connectivity index (χ2v) is 6.82. The maximum Gasteiger partial charge on any atom is 0.419 e. The molecule has 0 N–H and O–H groups in total. The molecular formula is C20H22F3N3O4. The third-order valence-electron chi connectivity index (χ3n) is 4.86. The molecule has 10 heteroatoms. The Balaban J connectivity index is 1.62. The summed E-state index contributed by atoms with van der Waals surface area (Å²) in [4.78, 5) is 22.2. The second-order valence-electron chi connectivity index (χ2n) is 6.82. The van der Waals surface area contributed by atoms with Crippen molar-refractivity contribution in [2.75, 3.05) is 38.8 Å². The first-order valence-corrected chi connectivity index (χ1v) is 9.37. The Morgan fingerprint density at radius 2 is 1.87 bits per heavy atom. The fraction of sp³-hybridized carbons (Fsp3) is 0.450. The van der Waals surface area contributed by atoms with Gasteiger partial charge in [-0.3, -0.25) is 0 Å². The van der Waals surface area contributed by atoms with Gasteiger partial charge in [-0.05, 0) is 30.9 Å². The largest absolute Gasteiger partial charge is 0.493 e. The van der Waals surface area contributed by atoms with Crippen LogP contribution in [0.3, 0.4) is 0 Å². The lowest BCUT2D eigenvalue weighted by Gasteiger charge is -2.32. The zero-order chi connectivity index (χ0) is 21.7. The number of nitrogens with zero attached hydrogens (tertiary/aromatic N) is 3. The summed E-state index contributed by atoms with van der Waals surface area (Å²) in [5, 5.41) is 0. The van der Waals surface area contributed by atoms with Crippen LogP contribution in [0, 0.1) is 5.92 Å². The van der Waals surface area contributed by atoms with Crippen LogP contribution in [0.2, 0.25) is 0 Å². The molecule has 0 spiro atoms. The van der Waals surface area contributed by atoms with Gasteiger partial charge in [0.1, 0.15) is 5.75 Å². The fourth-order valence-corrected chi connectivity index (χ4v) is 3.20. The highest BCUT2D eigenvalue weighted by Crippen LogP contribution is 2.36. The average molecular weight is 425 g/mol. The molecule has 0 saturated carbocycles. The summed E-state index contributed by atoms with van der Waals surface area (Å²) < 4.78 is 54.6. The third-order valence-corrected chi connectivity index (χ3v) is 4.86. The number of ether oxygens (including phenoxy) is 3. The van der Waals surface area contributed by atoms with Gasteiger partial charge in [0, 0.05) is 19.2 Å². The summed E-state index contributed by atoms with van der Waals surface area (Å²) in [6, 6.07) is 6.60. The maximum absolute atomic E-state index is 13.1. The lowest BCUT2D eigenvalue weighted by atomic mass is 9.98. The molecule has 7 nitrogen and oxygen atoms in total. The minimum absolute atomic E-state index is 0.0909. The normalized spacial score (nSPS) is 15.0. The molecule has 1 aromatic carbocycles. The minimum Gasteiger partial charge on any atom is -0.493 e. The van der Waals surface area contributed by atoms with E-state index in [-0.39, 0.29) is 29.8 Å². The Labute approximate surface area is 171 Å². The highest BCUT2D eigenvalue weighted by molar-refractivity contribution is 5.87. The average Bonchev–Trinajstić information content (AvgIpc) is 2.76. The van der Waals surface area contributed by atoms with Gasteiger partial charge >= 0.3 is 12.1 Å². The summed E-state index contributed by atoms with van der Waals surface area (Å²) >= 11 is 0. The van der Waals surface area contributed by atoms with Crippen LogP contribution in [0.25, 0.3) is 0 Å². The molecule has 0 amide bonds. The summed E-state index contributed by atoms with van der Waals surface area (Å²) in [6.07, 6.45) is -3.09. The third kappa shape index (κ3) is 5.11. The first kappa shape index (κ1) is 21.7. The molecule has 1 aromatic heterocycles. The van der Waals surface area contributed by atoms with Gasteiger partial charge in [-0.1, -0.05) is 12.1 Å². The number of esters is 1. The first-order chi connectivity index (χ1) is 14.3. The first-order valence-electron chi connectivity index (χ1n) is 9.37. The SMILES string of the molecule is COC(=O)c1cc(OC)nc(N2CCC(COc3ccccc3C(F)(F)F)CC2)n1. The Morgan fingerprint density at radius 3 is 2.50 bits per heavy atom. The van der Waals surface area contributed by atoms with Crippen molar-refractivity contribution in [2.45, 2.75) is 19.0 Å². The van der Waals surface area contributed by atoms with Crippen LogP contribution in [0.1, 0.15) is 28.9 Å². The number of rotatable bonds is 6. The molecule has 3 rings (SSSR count). The van der Waals surface area contributed by atoms with Crippen molar-refractivity contribution < 1.29 is 32.2 Å². The van der Waals surface area contributed by atoms with E-state index < -0.39 is 17.7 Å². The lowest BCUT2D eigenvalue weighted by Crippen LogP contribution is -2.37. The van der Waals surface area contributed by atoms with Crippen LogP contribution in [-0.2, 0) is 10.9 Å². The van der Waals surface area contributed by atoms with Gasteiger partial charge in [0.15, 0.2) is 5.69 Å². The van der Waals surface area contributed by atoms with Crippen LogP contribution in [0.15, 0.2) is 30.3 Å². The molecule has 0 radical (unpaired) electrons. The lowest BCUT2D eigenvalue weighted by molar-refractivity contribution is -0.139. The van der Waals surface area contributed by atoms with E-state index in [1.807, 2.05) is 4.90 Å². The van der Waals surface area contributed by atoms with Crippen molar-refractivity contribution in [3.8, 4) is 11.6 Å². The number of benzene rings is 1. The number of para-hydroxylation sites is 1. The highest BCUT2D eigenvalue weighted by Gasteiger charge is 2.34. The topological polar surface area (TPSA) is 73.8 Å². The van der Waals surface area contributed by atoms with E-state index in [9.17, 15) is 18.0 Å². The summed E-state index contributed by atoms with van der Waals surface area (Å²) in [6.45, 7) is 1.33. The van der Waals surface area contributed by atoms with Crippen LogP contribution >= 0.6 is 0 Å². The van der Waals surface area contributed by atoms with Gasteiger partial charge in [-0.25, -0.2) is 9.78 Å². The van der Waals surface area contributed by atoms with Gasteiger partial charge in [-0.15, -0.1) is 0 Å². The maximum atomic E-state index is 13.1. The number of aromatic nitrogens is 2. The van der Waals surface area contributed by atoms with E-state index in [2.05, 4.69) is 9.97 Å². The monoisotopic (exact) mass is 425 g/mol. The van der Waals surface area contributed by atoms with Crippen molar-refractivity contribution in [1.29, 1.82) is 0 Å². The molecular weight excluding hydrogens is 403 g/mol. The molecule has 0 aliphatic carbocycles. The summed E-state index contributed by atoms with van der Waals surface area (Å²) in [5.74, 6) is -0.0748. The number of halogens is 3. The van der Waals surface area contributed by atoms with E-state index in [0.29, 0.717) is 31.9 Å². The number of piperidine rings is 1. The van der Waals surface area contributed by atoms with Gasteiger partial charge in [0.25, 0.3) is 0 Å². The van der Waals surface area contributed by atoms with E-state index >= 15 is 0 Å². The Bertz CT molecular complexity index is 884. The van der Waals surface area contributed by atoms with Crippen molar-refractivity contribution >= 4 is 11.9 Å². The molecule has 2 aromatic rings. The predicted molar refractivity (Wildman–Crippen MR) is 102 cm³/mol. The fourth-order valence-electron chi connectivity index (χ4n) is 3.20. The van der Waals surface area contributed by atoms with Gasteiger partial charge in [-0.2, -0.15) is 18.2 Å². The highest BCUT2D eigenvalue weighted by atomic mass is 19.4. The minimum atomic E-state index is -4.46. The van der Waals surface area contributed by atoms with Crippen molar-refractivity contribution in [1.82, 2.24) is 9.97 Å². The van der Waals surface area contributed by atoms with Gasteiger partial charge < -0.3 is 19.1 Å². The van der Waals surface area contributed by atoms with Crippen molar-refractivity contribution in [3.63, 3.8) is 0 Å². The van der Waals surface area contributed by atoms with Gasteiger partial charge in [0.2, 0.25) is 11.8 Å².